The molecule has 2 rings (SSSR count). The van der Waals surface area contributed by atoms with E-state index in [1.807, 2.05) is 0 Å². The minimum Gasteiger partial charge on any atom is -0.292 e. The lowest BCUT2D eigenvalue weighted by molar-refractivity contribution is -0.137. The molecule has 0 N–H and O–H groups in total. The van der Waals surface area contributed by atoms with Crippen molar-refractivity contribution in [3.63, 3.8) is 0 Å². The van der Waals surface area contributed by atoms with Crippen molar-refractivity contribution in [2.75, 3.05) is 0 Å². The minimum absolute atomic E-state index is 0.266. The van der Waals surface area contributed by atoms with Crippen LogP contribution in [0.2, 0.25) is 0 Å². The van der Waals surface area contributed by atoms with Crippen molar-refractivity contribution in [2.24, 2.45) is 0 Å². The summed E-state index contributed by atoms with van der Waals surface area (Å²) in [6.45, 7) is 0. The number of nitriles is 1. The van der Waals surface area contributed by atoms with Crippen LogP contribution in [0.1, 0.15) is 27.4 Å². The van der Waals surface area contributed by atoms with Crippen LogP contribution in [0.3, 0.4) is 0 Å². The van der Waals surface area contributed by atoms with Crippen LogP contribution < -0.4 is 0 Å². The van der Waals surface area contributed by atoms with E-state index in [0.717, 1.165) is 12.1 Å². The molecule has 0 saturated carbocycles. The third-order valence-electron chi connectivity index (χ3n) is 2.91. The zero-order chi connectivity index (χ0) is 15.5. The van der Waals surface area contributed by atoms with Gasteiger partial charge in [-0.05, 0) is 17.7 Å². The number of carbonyl (C=O) groups excluding carboxylic acids is 1. The summed E-state index contributed by atoms with van der Waals surface area (Å²) in [7, 11) is 0. The molecule has 0 bridgehead atoms. The van der Waals surface area contributed by atoms with Crippen LogP contribution >= 0.6 is 0 Å². The highest BCUT2D eigenvalue weighted by Crippen LogP contribution is 2.34. The summed E-state index contributed by atoms with van der Waals surface area (Å²) in [4.78, 5) is 16.1. The lowest BCUT2D eigenvalue weighted by Crippen LogP contribution is -2.17. The summed E-state index contributed by atoms with van der Waals surface area (Å²) >= 11 is 0. The first-order valence-corrected chi connectivity index (χ1v) is 5.95. The first-order chi connectivity index (χ1) is 9.95. The molecule has 2 aromatic rings. The van der Waals surface area contributed by atoms with E-state index in [-0.39, 0.29) is 5.56 Å². The number of Topliss-reactive ketones (excluding diaryl/α,β-unsaturated/α-hetero) is 1. The second kappa shape index (κ2) is 5.75. The van der Waals surface area contributed by atoms with Crippen molar-refractivity contribution in [1.29, 1.82) is 5.26 Å². The number of benzene rings is 1. The van der Waals surface area contributed by atoms with Gasteiger partial charge in [-0.2, -0.15) is 18.4 Å². The van der Waals surface area contributed by atoms with Gasteiger partial charge in [0.2, 0.25) is 0 Å². The van der Waals surface area contributed by atoms with Crippen LogP contribution in [-0.4, -0.2) is 10.8 Å². The van der Waals surface area contributed by atoms with Gasteiger partial charge < -0.3 is 0 Å². The number of hydrogen-bond donors (Lipinski definition) is 0. The van der Waals surface area contributed by atoms with E-state index in [4.69, 9.17) is 5.26 Å². The van der Waals surface area contributed by atoms with Crippen LogP contribution in [-0.2, 0) is 6.18 Å². The Labute approximate surface area is 118 Å². The van der Waals surface area contributed by atoms with E-state index < -0.39 is 29.0 Å². The fourth-order valence-corrected chi connectivity index (χ4v) is 1.93. The second-order valence-corrected chi connectivity index (χ2v) is 4.26. The summed E-state index contributed by atoms with van der Waals surface area (Å²) in [5.74, 6) is -2.21. The molecule has 1 heterocycles. The maximum Gasteiger partial charge on any atom is 0.417 e. The number of ketones is 1. The van der Waals surface area contributed by atoms with Crippen molar-refractivity contribution in [2.45, 2.75) is 12.1 Å². The predicted molar refractivity (Wildman–Crippen MR) is 68.4 cm³/mol. The fourth-order valence-electron chi connectivity index (χ4n) is 1.93. The summed E-state index contributed by atoms with van der Waals surface area (Å²) in [5, 5.41) is 9.13. The SMILES string of the molecule is N#CC(C(=O)c1ccccc1C(F)(F)F)c1cccnc1. The van der Waals surface area contributed by atoms with Crippen LogP contribution in [0.25, 0.3) is 0 Å². The van der Waals surface area contributed by atoms with Crippen molar-refractivity contribution >= 4 is 5.78 Å². The highest BCUT2D eigenvalue weighted by molar-refractivity contribution is 6.04. The Bertz CT molecular complexity index is 690. The summed E-state index contributed by atoms with van der Waals surface area (Å²) in [6.07, 6.45) is -1.91. The molecular weight excluding hydrogens is 281 g/mol. The molecule has 1 unspecified atom stereocenters. The third kappa shape index (κ3) is 3.08. The van der Waals surface area contributed by atoms with E-state index in [9.17, 15) is 18.0 Å². The zero-order valence-corrected chi connectivity index (χ0v) is 10.6. The molecule has 0 saturated heterocycles. The minimum atomic E-state index is -4.65. The van der Waals surface area contributed by atoms with Crippen molar-refractivity contribution in [1.82, 2.24) is 4.98 Å². The molecular formula is C15H9F3N2O. The summed E-state index contributed by atoms with van der Waals surface area (Å²) in [6, 6.07) is 9.17. The van der Waals surface area contributed by atoms with E-state index in [0.29, 0.717) is 0 Å². The summed E-state index contributed by atoms with van der Waals surface area (Å²) in [5.41, 5.74) is -1.29. The van der Waals surface area contributed by atoms with Gasteiger partial charge in [0.05, 0.1) is 11.6 Å². The van der Waals surface area contributed by atoms with Crippen molar-refractivity contribution in [3.05, 3.63) is 65.5 Å². The number of aromatic nitrogens is 1. The maximum atomic E-state index is 12.9. The van der Waals surface area contributed by atoms with Gasteiger partial charge >= 0.3 is 6.18 Å². The third-order valence-corrected chi connectivity index (χ3v) is 2.91. The molecule has 0 fully saturated rings. The Kier molecular flexibility index (Phi) is 4.03. The molecule has 0 spiro atoms. The largest absolute Gasteiger partial charge is 0.417 e. The van der Waals surface area contributed by atoms with Gasteiger partial charge in [0.15, 0.2) is 5.78 Å². The van der Waals surface area contributed by atoms with Crippen LogP contribution in [0.15, 0.2) is 48.8 Å². The van der Waals surface area contributed by atoms with Crippen LogP contribution in [0.4, 0.5) is 13.2 Å². The Hall–Kier alpha value is -2.68. The Morgan fingerprint density at radius 1 is 1.19 bits per heavy atom. The molecule has 106 valence electrons. The topological polar surface area (TPSA) is 53.8 Å². The average Bonchev–Trinajstić information content (AvgIpc) is 2.48. The first kappa shape index (κ1) is 14.7. The number of carbonyl (C=O) groups is 1. The molecule has 1 aromatic carbocycles. The Balaban J connectivity index is 2.48. The van der Waals surface area contributed by atoms with Crippen LogP contribution in [0, 0.1) is 11.3 Å². The van der Waals surface area contributed by atoms with Gasteiger partial charge in [-0.1, -0.05) is 24.3 Å². The average molecular weight is 290 g/mol. The lowest BCUT2D eigenvalue weighted by atomic mass is 9.90. The quantitative estimate of drug-likeness (QED) is 0.812. The molecule has 0 aliphatic carbocycles. The molecule has 0 amide bonds. The standard InChI is InChI=1S/C15H9F3N2O/c16-15(17,18)13-6-2-1-5-11(13)14(21)12(8-19)10-4-3-7-20-9-10/h1-7,9,12H. The molecule has 0 aliphatic heterocycles. The van der Waals surface area contributed by atoms with Gasteiger partial charge in [-0.3, -0.25) is 9.78 Å². The summed E-state index contributed by atoms with van der Waals surface area (Å²) < 4.78 is 38.8. The molecule has 0 radical (unpaired) electrons. The highest BCUT2D eigenvalue weighted by Gasteiger charge is 2.36. The maximum absolute atomic E-state index is 12.9. The van der Waals surface area contributed by atoms with Crippen molar-refractivity contribution in [3.8, 4) is 6.07 Å². The lowest BCUT2D eigenvalue weighted by Gasteiger charge is -2.14. The number of halogens is 3. The van der Waals surface area contributed by atoms with Gasteiger partial charge in [-0.25, -0.2) is 0 Å². The molecule has 1 atom stereocenters. The van der Waals surface area contributed by atoms with Gasteiger partial charge in [0.25, 0.3) is 0 Å². The normalized spacial score (nSPS) is 12.5. The smallest absolute Gasteiger partial charge is 0.292 e. The predicted octanol–water partition coefficient (Wildman–Crippen LogP) is 3.59. The van der Waals surface area contributed by atoms with E-state index >= 15 is 0 Å². The highest BCUT2D eigenvalue weighted by atomic mass is 19.4. The van der Waals surface area contributed by atoms with E-state index in [1.54, 1.807) is 6.07 Å². The van der Waals surface area contributed by atoms with Crippen molar-refractivity contribution < 1.29 is 18.0 Å². The van der Waals surface area contributed by atoms with E-state index in [1.165, 1.54) is 36.7 Å². The van der Waals surface area contributed by atoms with Crippen LogP contribution in [0.5, 0.6) is 0 Å². The molecule has 0 aliphatic rings. The Morgan fingerprint density at radius 2 is 1.90 bits per heavy atom. The first-order valence-electron chi connectivity index (χ1n) is 5.95. The molecule has 1 aromatic heterocycles. The van der Waals surface area contributed by atoms with Gasteiger partial charge in [-0.15, -0.1) is 0 Å². The number of rotatable bonds is 3. The Morgan fingerprint density at radius 3 is 2.48 bits per heavy atom. The van der Waals surface area contributed by atoms with Gasteiger partial charge in [0, 0.05) is 18.0 Å². The zero-order valence-electron chi connectivity index (χ0n) is 10.6. The fraction of sp³-hybridized carbons (Fsp3) is 0.133. The second-order valence-electron chi connectivity index (χ2n) is 4.26. The van der Waals surface area contributed by atoms with Gasteiger partial charge in [0.1, 0.15) is 5.92 Å². The number of alkyl halides is 3. The molecule has 3 nitrogen and oxygen atoms in total. The molecule has 21 heavy (non-hydrogen) atoms. The molecule has 6 heteroatoms. The van der Waals surface area contributed by atoms with E-state index in [2.05, 4.69) is 4.98 Å². The monoisotopic (exact) mass is 290 g/mol. The number of pyridine rings is 1. The number of nitrogens with zero attached hydrogens (tertiary/aromatic N) is 2. The number of hydrogen-bond acceptors (Lipinski definition) is 3.